The molecule has 0 radical (unpaired) electrons. The lowest BCUT2D eigenvalue weighted by Gasteiger charge is -2.23. The molecule has 1 aromatic heterocycles. The summed E-state index contributed by atoms with van der Waals surface area (Å²) >= 11 is 4.92. The number of halogens is 1. The van der Waals surface area contributed by atoms with Crippen molar-refractivity contribution in [3.8, 4) is 0 Å². The van der Waals surface area contributed by atoms with E-state index in [1.54, 1.807) is 0 Å². The van der Waals surface area contributed by atoms with Gasteiger partial charge in [0.2, 0.25) is 5.91 Å². The Morgan fingerprint density at radius 2 is 2.07 bits per heavy atom. The van der Waals surface area contributed by atoms with Gasteiger partial charge in [-0.3, -0.25) is 9.69 Å². The number of carbonyl (C=O) groups is 1. The fourth-order valence-corrected chi connectivity index (χ4v) is 4.03. The fourth-order valence-electron chi connectivity index (χ4n) is 3.01. The number of carbonyl (C=O) groups excluding carboxylic acids is 1. The van der Waals surface area contributed by atoms with Crippen LogP contribution < -0.4 is 5.32 Å². The van der Waals surface area contributed by atoms with Gasteiger partial charge in [-0.25, -0.2) is 0 Å². The normalized spacial score (nSPS) is 12.4. The topological polar surface area (TPSA) is 63.1 Å². The third kappa shape index (κ3) is 6.06. The van der Waals surface area contributed by atoms with Crippen molar-refractivity contribution in [1.82, 2.24) is 19.7 Å². The molecule has 8 heteroatoms. The molecule has 1 heterocycles. The highest BCUT2D eigenvalue weighted by Crippen LogP contribution is 2.26. The molecule has 6 nitrogen and oxygen atoms in total. The van der Waals surface area contributed by atoms with Gasteiger partial charge in [0.05, 0.1) is 11.8 Å². The summed E-state index contributed by atoms with van der Waals surface area (Å²) in [5.74, 6) is 1.24. The second kappa shape index (κ2) is 11.0. The second-order valence-electron chi connectivity index (χ2n) is 7.03. The van der Waals surface area contributed by atoms with Crippen LogP contribution >= 0.6 is 27.7 Å². The Labute approximate surface area is 180 Å². The van der Waals surface area contributed by atoms with Crippen molar-refractivity contribution in [1.29, 1.82) is 0 Å². The Balaban J connectivity index is 2.08. The van der Waals surface area contributed by atoms with Gasteiger partial charge in [-0.05, 0) is 57.6 Å². The monoisotopic (exact) mass is 467 g/mol. The SMILES string of the molecule is CCCCn1c(SCC(=O)Nc2ccc(Br)c(C)c2)nnc1C(CC)N(C)C. The summed E-state index contributed by atoms with van der Waals surface area (Å²) in [5.41, 5.74) is 1.89. The number of anilines is 1. The Morgan fingerprint density at radius 3 is 2.68 bits per heavy atom. The molecule has 0 aliphatic carbocycles. The number of amides is 1. The molecular weight excluding hydrogens is 438 g/mol. The smallest absolute Gasteiger partial charge is 0.234 e. The number of benzene rings is 1. The van der Waals surface area contributed by atoms with Crippen molar-refractivity contribution < 1.29 is 4.79 Å². The minimum Gasteiger partial charge on any atom is -0.325 e. The molecule has 154 valence electrons. The first-order valence-corrected chi connectivity index (χ1v) is 11.4. The van der Waals surface area contributed by atoms with Crippen LogP contribution in [0.4, 0.5) is 5.69 Å². The zero-order chi connectivity index (χ0) is 20.7. The van der Waals surface area contributed by atoms with Crippen LogP contribution in [0.5, 0.6) is 0 Å². The number of hydrogen-bond acceptors (Lipinski definition) is 5. The molecule has 0 aliphatic heterocycles. The zero-order valence-electron chi connectivity index (χ0n) is 17.3. The van der Waals surface area contributed by atoms with Crippen LogP contribution in [0.1, 0.15) is 50.5 Å². The summed E-state index contributed by atoms with van der Waals surface area (Å²) in [6.45, 7) is 7.21. The Morgan fingerprint density at radius 1 is 1.32 bits per heavy atom. The number of rotatable bonds is 10. The van der Waals surface area contributed by atoms with Crippen molar-refractivity contribution in [2.75, 3.05) is 25.2 Å². The van der Waals surface area contributed by atoms with E-state index < -0.39 is 0 Å². The van der Waals surface area contributed by atoms with Crippen molar-refractivity contribution >= 4 is 39.3 Å². The molecule has 1 aromatic carbocycles. The van der Waals surface area contributed by atoms with E-state index >= 15 is 0 Å². The van der Waals surface area contributed by atoms with Gasteiger partial charge in [0.1, 0.15) is 0 Å². The average Bonchev–Trinajstić information content (AvgIpc) is 3.04. The summed E-state index contributed by atoms with van der Waals surface area (Å²) in [6.07, 6.45) is 3.13. The van der Waals surface area contributed by atoms with Gasteiger partial charge in [-0.1, -0.05) is 48.0 Å². The molecule has 0 saturated heterocycles. The lowest BCUT2D eigenvalue weighted by atomic mass is 10.2. The summed E-state index contributed by atoms with van der Waals surface area (Å²) < 4.78 is 3.21. The van der Waals surface area contributed by atoms with Gasteiger partial charge in [0.25, 0.3) is 0 Å². The minimum atomic E-state index is -0.0436. The average molecular weight is 468 g/mol. The van der Waals surface area contributed by atoms with E-state index in [0.29, 0.717) is 5.75 Å². The zero-order valence-corrected chi connectivity index (χ0v) is 19.7. The van der Waals surface area contributed by atoms with E-state index in [1.165, 1.54) is 11.8 Å². The van der Waals surface area contributed by atoms with E-state index in [4.69, 9.17) is 0 Å². The molecule has 0 aliphatic rings. The first-order valence-electron chi connectivity index (χ1n) is 9.65. The lowest BCUT2D eigenvalue weighted by Crippen LogP contribution is -2.23. The summed E-state index contributed by atoms with van der Waals surface area (Å²) in [4.78, 5) is 14.6. The fraction of sp³-hybridized carbons (Fsp3) is 0.550. The van der Waals surface area contributed by atoms with Crippen LogP contribution in [-0.4, -0.2) is 45.4 Å². The van der Waals surface area contributed by atoms with Gasteiger partial charge in [0.15, 0.2) is 11.0 Å². The van der Waals surface area contributed by atoms with Crippen molar-refractivity contribution in [2.45, 2.75) is 57.8 Å². The highest BCUT2D eigenvalue weighted by atomic mass is 79.9. The maximum atomic E-state index is 12.4. The van der Waals surface area contributed by atoms with Crippen molar-refractivity contribution in [3.05, 3.63) is 34.1 Å². The van der Waals surface area contributed by atoms with Crippen LogP contribution in [-0.2, 0) is 11.3 Å². The van der Waals surface area contributed by atoms with E-state index in [9.17, 15) is 4.79 Å². The molecule has 28 heavy (non-hydrogen) atoms. The molecule has 2 aromatic rings. The van der Waals surface area contributed by atoms with Crippen LogP contribution in [0.25, 0.3) is 0 Å². The number of nitrogens with one attached hydrogen (secondary N) is 1. The van der Waals surface area contributed by atoms with Crippen LogP contribution in [0.3, 0.4) is 0 Å². The summed E-state index contributed by atoms with van der Waals surface area (Å²) in [5, 5.41) is 12.6. The maximum absolute atomic E-state index is 12.4. The molecule has 0 saturated carbocycles. The Bertz CT molecular complexity index is 793. The van der Waals surface area contributed by atoms with E-state index in [1.807, 2.05) is 25.1 Å². The van der Waals surface area contributed by atoms with E-state index in [-0.39, 0.29) is 11.9 Å². The third-order valence-corrected chi connectivity index (χ3v) is 6.42. The predicted molar refractivity (Wildman–Crippen MR) is 120 cm³/mol. The van der Waals surface area contributed by atoms with Crippen LogP contribution in [0.2, 0.25) is 0 Å². The molecule has 0 spiro atoms. The second-order valence-corrected chi connectivity index (χ2v) is 8.83. The molecule has 0 fully saturated rings. The standard InChI is InChI=1S/C20H30BrN5OS/c1-6-8-11-26-19(17(7-2)25(4)5)23-24-20(26)28-13-18(27)22-15-9-10-16(21)14(3)12-15/h9-10,12,17H,6-8,11,13H2,1-5H3,(H,22,27). The van der Waals surface area contributed by atoms with Crippen molar-refractivity contribution in [2.24, 2.45) is 0 Å². The Hall–Kier alpha value is -1.38. The predicted octanol–water partition coefficient (Wildman–Crippen LogP) is 4.89. The first kappa shape index (κ1) is 22.9. The minimum absolute atomic E-state index is 0.0436. The Kier molecular flexibility index (Phi) is 8.98. The largest absolute Gasteiger partial charge is 0.325 e. The molecule has 1 atom stereocenters. The van der Waals surface area contributed by atoms with E-state index in [2.05, 4.69) is 68.9 Å². The van der Waals surface area contributed by atoms with Crippen LogP contribution in [0, 0.1) is 6.92 Å². The summed E-state index contributed by atoms with van der Waals surface area (Å²) in [6, 6.07) is 6.01. The number of unbranched alkanes of at least 4 members (excludes halogenated alkanes) is 1. The summed E-state index contributed by atoms with van der Waals surface area (Å²) in [7, 11) is 4.13. The first-order chi connectivity index (χ1) is 13.4. The van der Waals surface area contributed by atoms with Gasteiger partial charge >= 0.3 is 0 Å². The molecular formula is C20H30BrN5OS. The third-order valence-electron chi connectivity index (χ3n) is 4.56. The highest BCUT2D eigenvalue weighted by Gasteiger charge is 2.22. The molecule has 0 bridgehead atoms. The molecule has 2 rings (SSSR count). The van der Waals surface area contributed by atoms with Gasteiger partial charge in [-0.15, -0.1) is 10.2 Å². The molecule has 1 amide bonds. The van der Waals surface area contributed by atoms with E-state index in [0.717, 1.165) is 52.5 Å². The number of hydrogen-bond donors (Lipinski definition) is 1. The number of aryl methyl sites for hydroxylation is 1. The maximum Gasteiger partial charge on any atom is 0.234 e. The molecule has 1 unspecified atom stereocenters. The van der Waals surface area contributed by atoms with Crippen LogP contribution in [0.15, 0.2) is 27.8 Å². The lowest BCUT2D eigenvalue weighted by molar-refractivity contribution is -0.113. The van der Waals surface area contributed by atoms with Gasteiger partial charge in [0, 0.05) is 16.7 Å². The van der Waals surface area contributed by atoms with Crippen molar-refractivity contribution in [3.63, 3.8) is 0 Å². The molecule has 1 N–H and O–H groups in total. The van der Waals surface area contributed by atoms with Gasteiger partial charge < -0.3 is 9.88 Å². The number of nitrogens with zero attached hydrogens (tertiary/aromatic N) is 4. The highest BCUT2D eigenvalue weighted by molar-refractivity contribution is 9.10. The van der Waals surface area contributed by atoms with Gasteiger partial charge in [-0.2, -0.15) is 0 Å². The number of aromatic nitrogens is 3. The quantitative estimate of drug-likeness (QED) is 0.503. The number of thioether (sulfide) groups is 1.